The lowest BCUT2D eigenvalue weighted by Gasteiger charge is -2.12. The van der Waals surface area contributed by atoms with Crippen LogP contribution >= 0.6 is 0 Å². The number of rotatable bonds is 1. The van der Waals surface area contributed by atoms with Gasteiger partial charge in [0.05, 0.1) is 5.39 Å². The van der Waals surface area contributed by atoms with Crippen molar-refractivity contribution in [2.24, 2.45) is 0 Å². The number of nitrogens with zero attached hydrogens (tertiary/aromatic N) is 2. The molecule has 0 saturated carbocycles. The summed E-state index contributed by atoms with van der Waals surface area (Å²) in [5.74, 6) is 0.465. The molecule has 0 unspecified atom stereocenters. The fraction of sp³-hybridized carbons (Fsp3) is 0.0667. The molecule has 18 heavy (non-hydrogen) atoms. The minimum Gasteiger partial charge on any atom is -0.710 e. The molecular weight excluding hydrogens is 224 g/mol. The second-order valence-corrected chi connectivity index (χ2v) is 4.19. The largest absolute Gasteiger partial charge is 0.710 e. The Morgan fingerprint density at radius 2 is 1.61 bits per heavy atom. The Bertz CT molecular complexity index is 708. The van der Waals surface area contributed by atoms with Gasteiger partial charge in [-0.15, -0.1) is 0 Å². The van der Waals surface area contributed by atoms with Crippen molar-refractivity contribution in [1.29, 1.82) is 0 Å². The molecule has 1 aromatic heterocycles. The van der Waals surface area contributed by atoms with Gasteiger partial charge in [0.1, 0.15) is 5.69 Å². The van der Waals surface area contributed by atoms with Crippen LogP contribution in [0, 0.1) is 12.1 Å². The highest BCUT2D eigenvalue weighted by atomic mass is 16.5. The summed E-state index contributed by atoms with van der Waals surface area (Å²) in [5.41, 5.74) is 2.42. The van der Waals surface area contributed by atoms with Crippen LogP contribution in [0.5, 0.6) is 0 Å². The van der Waals surface area contributed by atoms with Crippen LogP contribution in [0.4, 0.5) is 0 Å². The molecule has 3 heteroatoms. The van der Waals surface area contributed by atoms with E-state index in [-0.39, 0.29) is 0 Å². The van der Waals surface area contributed by atoms with Crippen LogP contribution in [0.25, 0.3) is 22.2 Å². The molecule has 3 aromatic rings. The van der Waals surface area contributed by atoms with Gasteiger partial charge in [-0.1, -0.05) is 42.5 Å². The maximum absolute atomic E-state index is 12.2. The van der Waals surface area contributed by atoms with E-state index in [1.165, 1.54) is 0 Å². The van der Waals surface area contributed by atoms with Crippen LogP contribution < -0.4 is 4.73 Å². The van der Waals surface area contributed by atoms with Crippen LogP contribution in [-0.4, -0.2) is 4.98 Å². The number of aryl methyl sites for hydroxylation is 1. The molecular formula is C15H12N2O. The molecule has 88 valence electrons. The summed E-state index contributed by atoms with van der Waals surface area (Å²) in [6.45, 7) is 1.73. The molecule has 0 bridgehead atoms. The van der Waals surface area contributed by atoms with Gasteiger partial charge in [-0.2, -0.15) is 0 Å². The van der Waals surface area contributed by atoms with E-state index in [1.54, 1.807) is 6.92 Å². The second-order valence-electron chi connectivity index (χ2n) is 4.19. The molecule has 0 amide bonds. The molecule has 0 radical (unpaired) electrons. The average molecular weight is 236 g/mol. The van der Waals surface area contributed by atoms with Crippen LogP contribution in [0.2, 0.25) is 0 Å². The molecule has 3 nitrogen and oxygen atoms in total. The summed E-state index contributed by atoms with van der Waals surface area (Å²) < 4.78 is 0.900. The zero-order chi connectivity index (χ0) is 12.5. The number of hydrogen-bond donors (Lipinski definition) is 0. The Labute approximate surface area is 105 Å². The van der Waals surface area contributed by atoms with Crippen molar-refractivity contribution >= 4 is 10.9 Å². The van der Waals surface area contributed by atoms with E-state index < -0.39 is 0 Å². The van der Waals surface area contributed by atoms with Crippen LogP contribution in [0.3, 0.4) is 0 Å². The fourth-order valence-electron chi connectivity index (χ4n) is 2.13. The van der Waals surface area contributed by atoms with Crippen molar-refractivity contribution in [3.8, 4) is 11.3 Å². The zero-order valence-electron chi connectivity index (χ0n) is 10.00. The molecule has 0 spiro atoms. The first-order valence-electron chi connectivity index (χ1n) is 5.82. The van der Waals surface area contributed by atoms with E-state index in [9.17, 15) is 5.21 Å². The van der Waals surface area contributed by atoms with Crippen molar-refractivity contribution in [3.63, 3.8) is 0 Å². The monoisotopic (exact) mass is 236 g/mol. The minimum absolute atomic E-state index is 0.465. The van der Waals surface area contributed by atoms with Gasteiger partial charge in [-0.05, 0) is 17.1 Å². The Morgan fingerprint density at radius 3 is 2.39 bits per heavy atom. The van der Waals surface area contributed by atoms with Crippen molar-refractivity contribution in [3.05, 3.63) is 65.6 Å². The smallest absolute Gasteiger partial charge is 0.299 e. The Hall–Kier alpha value is -2.42. The van der Waals surface area contributed by atoms with Crippen molar-refractivity contribution in [1.82, 2.24) is 4.98 Å². The van der Waals surface area contributed by atoms with Gasteiger partial charge in [0.2, 0.25) is 0 Å². The third-order valence-corrected chi connectivity index (χ3v) is 2.99. The predicted molar refractivity (Wildman–Crippen MR) is 70.9 cm³/mol. The number of hydrogen-bond acceptors (Lipinski definition) is 2. The van der Waals surface area contributed by atoms with Crippen molar-refractivity contribution < 1.29 is 4.73 Å². The van der Waals surface area contributed by atoms with E-state index in [0.29, 0.717) is 11.5 Å². The highest BCUT2D eigenvalue weighted by Crippen LogP contribution is 2.24. The maximum Gasteiger partial charge on any atom is 0.299 e. The number of benzene rings is 2. The Morgan fingerprint density at radius 1 is 0.944 bits per heavy atom. The molecule has 0 aliphatic rings. The SMILES string of the molecule is Cc1nc2ccccc2c(-c2ccccc2)[n+]1[O-]. The van der Waals surface area contributed by atoms with E-state index >= 15 is 0 Å². The number of aromatic nitrogens is 2. The third-order valence-electron chi connectivity index (χ3n) is 2.99. The van der Waals surface area contributed by atoms with Crippen LogP contribution in [-0.2, 0) is 0 Å². The molecule has 0 saturated heterocycles. The Kier molecular flexibility index (Phi) is 2.45. The molecule has 0 atom stereocenters. The first-order chi connectivity index (χ1) is 8.77. The van der Waals surface area contributed by atoms with Gasteiger partial charge in [0, 0.05) is 12.5 Å². The maximum atomic E-state index is 12.2. The van der Waals surface area contributed by atoms with E-state index in [0.717, 1.165) is 21.2 Å². The molecule has 0 N–H and O–H groups in total. The summed E-state index contributed by atoms with van der Waals surface area (Å²) in [4.78, 5) is 4.31. The van der Waals surface area contributed by atoms with Crippen molar-refractivity contribution in [2.45, 2.75) is 6.92 Å². The normalized spacial score (nSPS) is 10.7. The molecule has 2 aromatic carbocycles. The molecule has 3 rings (SSSR count). The predicted octanol–water partition coefficient (Wildman–Crippen LogP) is 2.84. The first-order valence-corrected chi connectivity index (χ1v) is 5.82. The summed E-state index contributed by atoms with van der Waals surface area (Å²) in [6, 6.07) is 17.4. The standard InChI is InChI=1S/C15H12N2O/c1-11-16-14-10-6-5-9-13(14)15(17(11)18)12-7-3-2-4-8-12/h2-10H,1H3. The van der Waals surface area contributed by atoms with Gasteiger partial charge in [-0.25, -0.2) is 4.73 Å². The van der Waals surface area contributed by atoms with E-state index in [2.05, 4.69) is 4.98 Å². The summed E-state index contributed by atoms with van der Waals surface area (Å²) >= 11 is 0. The quantitative estimate of drug-likeness (QED) is 0.481. The van der Waals surface area contributed by atoms with Gasteiger partial charge in [-0.3, -0.25) is 0 Å². The zero-order valence-corrected chi connectivity index (χ0v) is 10.00. The summed E-state index contributed by atoms with van der Waals surface area (Å²) in [7, 11) is 0. The van der Waals surface area contributed by atoms with Gasteiger partial charge in [0.15, 0.2) is 5.52 Å². The second kappa shape index (κ2) is 4.11. The first kappa shape index (κ1) is 10.7. The van der Waals surface area contributed by atoms with Gasteiger partial charge >= 0.3 is 0 Å². The lowest BCUT2D eigenvalue weighted by Crippen LogP contribution is -2.34. The summed E-state index contributed by atoms with van der Waals surface area (Å²) in [6.07, 6.45) is 0. The minimum atomic E-state index is 0.465. The Balaban J connectivity index is 2.43. The molecule has 0 aliphatic carbocycles. The third kappa shape index (κ3) is 1.61. The van der Waals surface area contributed by atoms with E-state index in [4.69, 9.17) is 0 Å². The van der Waals surface area contributed by atoms with Crippen molar-refractivity contribution in [2.75, 3.05) is 0 Å². The summed E-state index contributed by atoms with van der Waals surface area (Å²) in [5, 5.41) is 13.1. The van der Waals surface area contributed by atoms with Gasteiger partial charge < -0.3 is 5.21 Å². The number of fused-ring (bicyclic) bond motifs is 1. The molecule has 1 heterocycles. The average Bonchev–Trinajstić information content (AvgIpc) is 2.41. The molecule has 0 fully saturated rings. The molecule has 0 aliphatic heterocycles. The highest BCUT2D eigenvalue weighted by molar-refractivity contribution is 5.90. The topological polar surface area (TPSA) is 39.8 Å². The van der Waals surface area contributed by atoms with E-state index in [1.807, 2.05) is 54.6 Å². The fourth-order valence-corrected chi connectivity index (χ4v) is 2.13. The highest BCUT2D eigenvalue weighted by Gasteiger charge is 2.15. The lowest BCUT2D eigenvalue weighted by molar-refractivity contribution is -0.602. The van der Waals surface area contributed by atoms with Gasteiger partial charge in [0.25, 0.3) is 5.82 Å². The lowest BCUT2D eigenvalue weighted by atomic mass is 10.1. The van der Waals surface area contributed by atoms with Crippen LogP contribution in [0.1, 0.15) is 5.82 Å². The number of para-hydroxylation sites is 1. The van der Waals surface area contributed by atoms with Crippen LogP contribution in [0.15, 0.2) is 54.6 Å².